The Morgan fingerprint density at radius 1 is 1.41 bits per heavy atom. The number of fused-ring (bicyclic) bond motifs is 1. The summed E-state index contributed by atoms with van der Waals surface area (Å²) in [4.78, 5) is 17.0. The predicted molar refractivity (Wildman–Crippen MR) is 86.9 cm³/mol. The number of nitrogens with one attached hydrogen (secondary N) is 1. The van der Waals surface area contributed by atoms with Crippen molar-refractivity contribution in [3.05, 3.63) is 59.4 Å². The van der Waals surface area contributed by atoms with E-state index < -0.39 is 0 Å². The van der Waals surface area contributed by atoms with Crippen LogP contribution in [0.2, 0.25) is 0 Å². The zero-order valence-electron chi connectivity index (χ0n) is 12.0. The Labute approximate surface area is 131 Å². The molecule has 0 aliphatic carbocycles. The van der Waals surface area contributed by atoms with E-state index in [1.807, 2.05) is 40.2 Å². The van der Waals surface area contributed by atoms with Crippen LogP contribution >= 0.6 is 11.3 Å². The summed E-state index contributed by atoms with van der Waals surface area (Å²) in [6.07, 6.45) is 6.96. The Kier molecular flexibility index (Phi) is 4.20. The number of amides is 1. The number of hydrogen-bond acceptors (Lipinski definition) is 4. The lowest BCUT2D eigenvalue weighted by atomic mass is 10.2. The quantitative estimate of drug-likeness (QED) is 0.737. The number of carbonyl (C=O) groups excluding carboxylic acids is 1. The molecule has 0 atom stereocenters. The summed E-state index contributed by atoms with van der Waals surface area (Å²) in [6, 6.07) is 7.59. The van der Waals surface area contributed by atoms with E-state index in [4.69, 9.17) is 4.74 Å². The largest absolute Gasteiger partial charge is 0.497 e. The van der Waals surface area contributed by atoms with E-state index in [0.717, 1.165) is 22.0 Å². The molecule has 3 aromatic rings. The SMILES string of the molecule is COc1ccc(CNC(=O)/C=C/c2cnc3sccn23)cc1. The van der Waals surface area contributed by atoms with Crippen LogP contribution < -0.4 is 10.1 Å². The molecule has 1 aromatic carbocycles. The molecular weight excluding hydrogens is 298 g/mol. The van der Waals surface area contributed by atoms with Crippen LogP contribution in [0.25, 0.3) is 11.0 Å². The molecule has 5 nitrogen and oxygen atoms in total. The molecule has 0 aliphatic rings. The molecule has 0 bridgehead atoms. The highest BCUT2D eigenvalue weighted by Gasteiger charge is 2.02. The second kappa shape index (κ2) is 6.44. The van der Waals surface area contributed by atoms with Crippen molar-refractivity contribution in [3.8, 4) is 5.75 Å². The maximum Gasteiger partial charge on any atom is 0.244 e. The summed E-state index contributed by atoms with van der Waals surface area (Å²) in [5.41, 5.74) is 1.91. The van der Waals surface area contributed by atoms with Gasteiger partial charge in [-0.3, -0.25) is 9.20 Å². The van der Waals surface area contributed by atoms with Gasteiger partial charge in [-0.25, -0.2) is 4.98 Å². The molecule has 3 rings (SSSR count). The molecule has 0 saturated heterocycles. The molecule has 2 aromatic heterocycles. The summed E-state index contributed by atoms with van der Waals surface area (Å²) in [5, 5.41) is 4.81. The Hall–Kier alpha value is -2.60. The zero-order chi connectivity index (χ0) is 15.4. The summed E-state index contributed by atoms with van der Waals surface area (Å²) in [5.74, 6) is 0.663. The van der Waals surface area contributed by atoms with Gasteiger partial charge in [0.25, 0.3) is 0 Å². The normalized spacial score (nSPS) is 11.1. The van der Waals surface area contributed by atoms with Gasteiger partial charge in [0.2, 0.25) is 5.91 Å². The van der Waals surface area contributed by atoms with Gasteiger partial charge in [-0.1, -0.05) is 12.1 Å². The Bertz CT molecular complexity index is 802. The van der Waals surface area contributed by atoms with Crippen molar-refractivity contribution in [2.75, 3.05) is 7.11 Å². The molecule has 0 fully saturated rings. The minimum absolute atomic E-state index is 0.138. The van der Waals surface area contributed by atoms with E-state index in [9.17, 15) is 4.79 Å². The molecule has 1 amide bonds. The molecule has 1 N–H and O–H groups in total. The van der Waals surface area contributed by atoms with Crippen molar-refractivity contribution in [1.82, 2.24) is 14.7 Å². The fourth-order valence-electron chi connectivity index (χ4n) is 2.02. The Morgan fingerprint density at radius 2 is 2.23 bits per heavy atom. The molecule has 0 unspecified atom stereocenters. The number of thiazole rings is 1. The van der Waals surface area contributed by atoms with Gasteiger partial charge in [-0.2, -0.15) is 0 Å². The molecule has 0 aliphatic heterocycles. The smallest absolute Gasteiger partial charge is 0.244 e. The van der Waals surface area contributed by atoms with E-state index in [0.29, 0.717) is 6.54 Å². The maximum absolute atomic E-state index is 11.9. The molecule has 112 valence electrons. The van der Waals surface area contributed by atoms with Gasteiger partial charge in [0.1, 0.15) is 5.75 Å². The monoisotopic (exact) mass is 313 g/mol. The second-order valence-electron chi connectivity index (χ2n) is 4.64. The van der Waals surface area contributed by atoms with Crippen LogP contribution in [-0.4, -0.2) is 22.4 Å². The number of methoxy groups -OCH3 is 1. The molecule has 0 radical (unpaired) electrons. The highest BCUT2D eigenvalue weighted by atomic mass is 32.1. The average Bonchev–Trinajstić information content (AvgIpc) is 3.15. The van der Waals surface area contributed by atoms with Crippen LogP contribution in [0.5, 0.6) is 5.75 Å². The van der Waals surface area contributed by atoms with Gasteiger partial charge in [0.15, 0.2) is 4.96 Å². The molecule has 0 saturated carbocycles. The predicted octanol–water partition coefficient (Wildman–Crippen LogP) is 2.73. The molecule has 6 heteroatoms. The summed E-state index contributed by atoms with van der Waals surface area (Å²) < 4.78 is 7.04. The highest BCUT2D eigenvalue weighted by molar-refractivity contribution is 7.15. The summed E-state index contributed by atoms with van der Waals surface area (Å²) in [6.45, 7) is 0.480. The molecule has 2 heterocycles. The highest BCUT2D eigenvalue weighted by Crippen LogP contribution is 2.13. The summed E-state index contributed by atoms with van der Waals surface area (Å²) >= 11 is 1.56. The van der Waals surface area contributed by atoms with Gasteiger partial charge in [0, 0.05) is 24.2 Å². The van der Waals surface area contributed by atoms with Crippen molar-refractivity contribution >= 4 is 28.3 Å². The van der Waals surface area contributed by atoms with Crippen molar-refractivity contribution in [2.45, 2.75) is 6.54 Å². The molecule has 22 heavy (non-hydrogen) atoms. The first kappa shape index (κ1) is 14.3. The van der Waals surface area contributed by atoms with Gasteiger partial charge in [-0.15, -0.1) is 11.3 Å². The zero-order valence-corrected chi connectivity index (χ0v) is 12.8. The first-order valence-corrected chi connectivity index (χ1v) is 7.63. The van der Waals surface area contributed by atoms with Crippen molar-refractivity contribution < 1.29 is 9.53 Å². The second-order valence-corrected chi connectivity index (χ2v) is 5.51. The van der Waals surface area contributed by atoms with E-state index >= 15 is 0 Å². The van der Waals surface area contributed by atoms with Crippen molar-refractivity contribution in [2.24, 2.45) is 0 Å². The fourth-order valence-corrected chi connectivity index (χ4v) is 2.72. The topological polar surface area (TPSA) is 55.6 Å². The molecular formula is C16H15N3O2S. The molecule has 0 spiro atoms. The third kappa shape index (κ3) is 3.17. The number of carbonyl (C=O) groups is 1. The third-order valence-electron chi connectivity index (χ3n) is 3.21. The van der Waals surface area contributed by atoms with E-state index in [2.05, 4.69) is 10.3 Å². The average molecular weight is 313 g/mol. The number of rotatable bonds is 5. The standard InChI is InChI=1S/C16H15N3O2S/c1-21-14-5-2-12(3-6-14)10-17-15(20)7-4-13-11-18-16-19(13)8-9-22-16/h2-9,11H,10H2,1H3,(H,17,20)/b7-4+. The van der Waals surface area contributed by atoms with Crippen LogP contribution in [0.1, 0.15) is 11.3 Å². The van der Waals surface area contributed by atoms with Crippen molar-refractivity contribution in [1.29, 1.82) is 0 Å². The number of nitrogens with zero attached hydrogens (tertiary/aromatic N) is 2. The fraction of sp³-hybridized carbons (Fsp3) is 0.125. The van der Waals surface area contributed by atoms with Crippen LogP contribution in [0.3, 0.4) is 0 Å². The lowest BCUT2D eigenvalue weighted by Gasteiger charge is -2.04. The minimum atomic E-state index is -0.138. The summed E-state index contributed by atoms with van der Waals surface area (Å²) in [7, 11) is 1.63. The number of hydrogen-bond donors (Lipinski definition) is 1. The van der Waals surface area contributed by atoms with E-state index in [1.165, 1.54) is 6.08 Å². The number of imidazole rings is 1. The number of benzene rings is 1. The minimum Gasteiger partial charge on any atom is -0.497 e. The van der Waals surface area contributed by atoms with Gasteiger partial charge in [0.05, 0.1) is 19.0 Å². The van der Waals surface area contributed by atoms with Crippen LogP contribution in [0.15, 0.2) is 48.1 Å². The van der Waals surface area contributed by atoms with Crippen LogP contribution in [0.4, 0.5) is 0 Å². The lowest BCUT2D eigenvalue weighted by molar-refractivity contribution is -0.116. The first-order chi connectivity index (χ1) is 10.8. The van der Waals surface area contributed by atoms with Gasteiger partial charge >= 0.3 is 0 Å². The Balaban J connectivity index is 1.58. The van der Waals surface area contributed by atoms with Crippen LogP contribution in [0, 0.1) is 0 Å². The lowest BCUT2D eigenvalue weighted by Crippen LogP contribution is -2.20. The van der Waals surface area contributed by atoms with Gasteiger partial charge < -0.3 is 10.1 Å². The third-order valence-corrected chi connectivity index (χ3v) is 3.98. The van der Waals surface area contributed by atoms with E-state index in [-0.39, 0.29) is 5.91 Å². The van der Waals surface area contributed by atoms with Crippen LogP contribution in [-0.2, 0) is 11.3 Å². The Morgan fingerprint density at radius 3 is 3.00 bits per heavy atom. The number of aromatic nitrogens is 2. The van der Waals surface area contributed by atoms with E-state index in [1.54, 1.807) is 30.7 Å². The number of ether oxygens (including phenoxy) is 1. The first-order valence-electron chi connectivity index (χ1n) is 6.75. The maximum atomic E-state index is 11.9. The van der Waals surface area contributed by atoms with Gasteiger partial charge in [-0.05, 0) is 23.8 Å². The van der Waals surface area contributed by atoms with Crippen molar-refractivity contribution in [3.63, 3.8) is 0 Å².